The fourth-order valence-corrected chi connectivity index (χ4v) is 1.82. The fraction of sp³-hybridized carbons (Fsp3) is 0.333. The Hall–Kier alpha value is -2.10. The maximum absolute atomic E-state index is 5.03. The van der Waals surface area contributed by atoms with Gasteiger partial charge in [0, 0.05) is 0 Å². The number of nitrogens with one attached hydrogen (secondary N) is 1. The van der Waals surface area contributed by atoms with Crippen LogP contribution in [0.3, 0.4) is 0 Å². The van der Waals surface area contributed by atoms with Crippen molar-refractivity contribution in [3.8, 4) is 5.75 Å². The van der Waals surface area contributed by atoms with Crippen LogP contribution in [0, 0.1) is 0 Å². The molecule has 1 atom stereocenters. The molecule has 0 aliphatic rings. The van der Waals surface area contributed by atoms with Gasteiger partial charge in [-0.3, -0.25) is 0 Å². The second kappa shape index (κ2) is 6.18. The molecular weight excluding hydrogens is 238 g/mol. The summed E-state index contributed by atoms with van der Waals surface area (Å²) in [6.45, 7) is 4.25. The molecule has 1 aromatic carbocycles. The van der Waals surface area contributed by atoms with Gasteiger partial charge in [-0.15, -0.1) is 0 Å². The van der Waals surface area contributed by atoms with Crippen LogP contribution >= 0.6 is 0 Å². The zero-order valence-corrected chi connectivity index (χ0v) is 11.6. The molecule has 0 saturated carbocycles. The summed E-state index contributed by atoms with van der Waals surface area (Å²) in [6.07, 6.45) is 4.37. The summed E-state index contributed by atoms with van der Waals surface area (Å²) in [5.74, 6) is 1.26. The molecule has 0 radical (unpaired) electrons. The van der Waals surface area contributed by atoms with Gasteiger partial charge < -0.3 is 10.1 Å². The second-order valence-electron chi connectivity index (χ2n) is 4.41. The van der Waals surface area contributed by atoms with Gasteiger partial charge in [0.1, 0.15) is 0 Å². The van der Waals surface area contributed by atoms with Crippen molar-refractivity contribution in [1.29, 1.82) is 0 Å². The molecule has 0 fully saturated rings. The van der Waals surface area contributed by atoms with Crippen molar-refractivity contribution in [3.05, 3.63) is 47.8 Å². The first-order valence-corrected chi connectivity index (χ1v) is 6.44. The summed E-state index contributed by atoms with van der Waals surface area (Å²) in [5.41, 5.74) is 2.56. The summed E-state index contributed by atoms with van der Waals surface area (Å²) in [7, 11) is 1.60. The Labute approximate surface area is 113 Å². The molecule has 4 heteroatoms. The van der Waals surface area contributed by atoms with E-state index < -0.39 is 0 Å². The quantitative estimate of drug-likeness (QED) is 0.893. The maximum atomic E-state index is 5.03. The van der Waals surface area contributed by atoms with E-state index >= 15 is 0 Å². The number of methoxy groups -OCH3 is 1. The zero-order chi connectivity index (χ0) is 13.7. The van der Waals surface area contributed by atoms with Crippen LogP contribution in [0.5, 0.6) is 5.75 Å². The molecule has 0 spiro atoms. The Morgan fingerprint density at radius 1 is 1.16 bits per heavy atom. The molecule has 2 rings (SSSR count). The Bertz CT molecular complexity index is 508. The van der Waals surface area contributed by atoms with Gasteiger partial charge in [-0.25, -0.2) is 9.97 Å². The lowest BCUT2D eigenvalue weighted by Crippen LogP contribution is -2.09. The number of hydrogen-bond acceptors (Lipinski definition) is 4. The molecule has 1 aromatic heterocycles. The predicted molar refractivity (Wildman–Crippen MR) is 76.4 cm³/mol. The van der Waals surface area contributed by atoms with Crippen LogP contribution < -0.4 is 10.1 Å². The molecule has 19 heavy (non-hydrogen) atoms. The van der Waals surface area contributed by atoms with Crippen molar-refractivity contribution in [3.63, 3.8) is 0 Å². The largest absolute Gasteiger partial charge is 0.494 e. The van der Waals surface area contributed by atoms with Gasteiger partial charge in [-0.2, -0.15) is 0 Å². The molecule has 0 saturated heterocycles. The molecule has 1 unspecified atom stereocenters. The van der Waals surface area contributed by atoms with E-state index in [1.165, 1.54) is 11.1 Å². The second-order valence-corrected chi connectivity index (χ2v) is 4.41. The standard InChI is InChI=1S/C15H19N3O/c1-4-12-5-7-13(8-6-12)11(2)18-15-16-9-14(19-3)10-17-15/h5-11H,4H2,1-3H3,(H,16,17,18). The average molecular weight is 257 g/mol. The zero-order valence-electron chi connectivity index (χ0n) is 11.6. The summed E-state index contributed by atoms with van der Waals surface area (Å²) in [6, 6.07) is 8.75. The number of rotatable bonds is 5. The first-order chi connectivity index (χ1) is 9.22. The van der Waals surface area contributed by atoms with Gasteiger partial charge in [0.2, 0.25) is 5.95 Å². The molecule has 1 heterocycles. The van der Waals surface area contributed by atoms with E-state index in [4.69, 9.17) is 4.74 Å². The highest BCUT2D eigenvalue weighted by atomic mass is 16.5. The van der Waals surface area contributed by atoms with Crippen molar-refractivity contribution in [2.75, 3.05) is 12.4 Å². The lowest BCUT2D eigenvalue weighted by atomic mass is 10.1. The molecule has 100 valence electrons. The topological polar surface area (TPSA) is 47.0 Å². The summed E-state index contributed by atoms with van der Waals surface area (Å²) < 4.78 is 5.03. The Morgan fingerprint density at radius 3 is 2.32 bits per heavy atom. The van der Waals surface area contributed by atoms with Crippen molar-refractivity contribution < 1.29 is 4.74 Å². The first kappa shape index (κ1) is 13.3. The number of nitrogens with zero attached hydrogens (tertiary/aromatic N) is 2. The van der Waals surface area contributed by atoms with Crippen LogP contribution in [0.15, 0.2) is 36.7 Å². The van der Waals surface area contributed by atoms with E-state index in [0.717, 1.165) is 6.42 Å². The van der Waals surface area contributed by atoms with Crippen LogP contribution in [-0.4, -0.2) is 17.1 Å². The molecular formula is C15H19N3O. The minimum absolute atomic E-state index is 0.166. The van der Waals surface area contributed by atoms with Gasteiger partial charge in [0.15, 0.2) is 5.75 Å². The van der Waals surface area contributed by atoms with E-state index in [9.17, 15) is 0 Å². The average Bonchev–Trinajstić information content (AvgIpc) is 2.48. The maximum Gasteiger partial charge on any atom is 0.223 e. The highest BCUT2D eigenvalue weighted by Gasteiger charge is 2.06. The Balaban J connectivity index is 2.04. The molecule has 4 nitrogen and oxygen atoms in total. The van der Waals surface area contributed by atoms with Crippen molar-refractivity contribution in [2.24, 2.45) is 0 Å². The molecule has 0 amide bonds. The van der Waals surface area contributed by atoms with E-state index in [2.05, 4.69) is 53.4 Å². The third-order valence-corrected chi connectivity index (χ3v) is 3.10. The third kappa shape index (κ3) is 3.44. The molecule has 1 N–H and O–H groups in total. The number of hydrogen-bond donors (Lipinski definition) is 1. The molecule has 0 aliphatic carbocycles. The third-order valence-electron chi connectivity index (χ3n) is 3.10. The summed E-state index contributed by atoms with van der Waals surface area (Å²) in [5, 5.41) is 3.27. The lowest BCUT2D eigenvalue weighted by Gasteiger charge is -2.14. The summed E-state index contributed by atoms with van der Waals surface area (Å²) in [4.78, 5) is 8.40. The van der Waals surface area contributed by atoms with Gasteiger partial charge in [0.05, 0.1) is 25.5 Å². The van der Waals surface area contributed by atoms with Crippen LogP contribution in [0.1, 0.15) is 31.0 Å². The van der Waals surface area contributed by atoms with Crippen molar-refractivity contribution >= 4 is 5.95 Å². The normalized spacial score (nSPS) is 11.9. The van der Waals surface area contributed by atoms with Crippen molar-refractivity contribution in [2.45, 2.75) is 26.3 Å². The number of anilines is 1. The van der Waals surface area contributed by atoms with E-state index in [1.807, 2.05) is 0 Å². The number of benzene rings is 1. The van der Waals surface area contributed by atoms with Crippen molar-refractivity contribution in [1.82, 2.24) is 9.97 Å². The monoisotopic (exact) mass is 257 g/mol. The van der Waals surface area contributed by atoms with Gasteiger partial charge in [0.25, 0.3) is 0 Å². The smallest absolute Gasteiger partial charge is 0.223 e. The summed E-state index contributed by atoms with van der Waals surface area (Å²) >= 11 is 0. The van der Waals surface area contributed by atoms with E-state index in [0.29, 0.717) is 11.7 Å². The van der Waals surface area contributed by atoms with Gasteiger partial charge >= 0.3 is 0 Å². The van der Waals surface area contributed by atoms with Crippen LogP contribution in [0.2, 0.25) is 0 Å². The SMILES string of the molecule is CCc1ccc(C(C)Nc2ncc(OC)cn2)cc1. The minimum atomic E-state index is 0.166. The first-order valence-electron chi connectivity index (χ1n) is 6.44. The number of ether oxygens (including phenoxy) is 1. The predicted octanol–water partition coefficient (Wildman–Crippen LogP) is 3.22. The Morgan fingerprint density at radius 2 is 1.79 bits per heavy atom. The van der Waals surface area contributed by atoms with Crippen LogP contribution in [0.4, 0.5) is 5.95 Å². The molecule has 2 aromatic rings. The van der Waals surface area contributed by atoms with E-state index in [1.54, 1.807) is 19.5 Å². The van der Waals surface area contributed by atoms with Crippen LogP contribution in [-0.2, 0) is 6.42 Å². The fourth-order valence-electron chi connectivity index (χ4n) is 1.82. The lowest BCUT2D eigenvalue weighted by molar-refractivity contribution is 0.411. The number of aryl methyl sites for hydroxylation is 1. The van der Waals surface area contributed by atoms with Gasteiger partial charge in [-0.1, -0.05) is 31.2 Å². The van der Waals surface area contributed by atoms with Gasteiger partial charge in [-0.05, 0) is 24.5 Å². The van der Waals surface area contributed by atoms with E-state index in [-0.39, 0.29) is 6.04 Å². The van der Waals surface area contributed by atoms with Crippen LogP contribution in [0.25, 0.3) is 0 Å². The molecule has 0 bridgehead atoms. The highest BCUT2D eigenvalue weighted by Crippen LogP contribution is 2.18. The Kier molecular flexibility index (Phi) is 4.34. The number of aromatic nitrogens is 2. The highest BCUT2D eigenvalue weighted by molar-refractivity contribution is 5.33. The molecule has 0 aliphatic heterocycles. The minimum Gasteiger partial charge on any atom is -0.494 e.